The molecule has 1 saturated heterocycles. The minimum Gasteiger partial charge on any atom is -0.480 e. The van der Waals surface area contributed by atoms with Crippen LogP contribution >= 0.6 is 0 Å². The Labute approximate surface area is 117 Å². The number of nitrogens with one attached hydrogen (secondary N) is 2. The molecule has 8 nitrogen and oxygen atoms in total. The molecule has 0 aromatic rings. The monoisotopic (exact) mass is 286 g/mol. The maximum absolute atomic E-state index is 11.5. The highest BCUT2D eigenvalue weighted by Crippen LogP contribution is 2.07. The number of nitrogens with zero attached hydrogens (tertiary/aromatic N) is 1. The minimum absolute atomic E-state index is 0.422. The summed E-state index contributed by atoms with van der Waals surface area (Å²) < 4.78 is 0. The fourth-order valence-electron chi connectivity index (χ4n) is 2.12. The number of piperidine rings is 1. The van der Waals surface area contributed by atoms with Gasteiger partial charge in [-0.2, -0.15) is 0 Å². The Kier molecular flexibility index (Phi) is 6.78. The van der Waals surface area contributed by atoms with Gasteiger partial charge in [-0.05, 0) is 25.9 Å². The van der Waals surface area contributed by atoms with Gasteiger partial charge < -0.3 is 26.4 Å². The summed E-state index contributed by atoms with van der Waals surface area (Å²) in [6.07, 6.45) is 3.17. The Morgan fingerprint density at radius 3 is 2.40 bits per heavy atom. The third-order valence-electron chi connectivity index (χ3n) is 3.17. The van der Waals surface area contributed by atoms with Gasteiger partial charge >= 0.3 is 12.0 Å². The van der Waals surface area contributed by atoms with E-state index in [1.54, 1.807) is 0 Å². The molecule has 0 aromatic carbocycles. The first-order valence-electron chi connectivity index (χ1n) is 6.77. The molecule has 1 aliphatic heterocycles. The molecule has 0 saturated carbocycles. The molecule has 8 heteroatoms. The predicted molar refractivity (Wildman–Crippen MR) is 72.1 cm³/mol. The number of amides is 3. The molecule has 0 bridgehead atoms. The summed E-state index contributed by atoms with van der Waals surface area (Å²) in [7, 11) is 0. The van der Waals surface area contributed by atoms with E-state index in [0.717, 1.165) is 19.6 Å². The Balaban J connectivity index is 2.23. The zero-order valence-electron chi connectivity index (χ0n) is 11.4. The summed E-state index contributed by atoms with van der Waals surface area (Å²) in [4.78, 5) is 35.3. The van der Waals surface area contributed by atoms with Crippen molar-refractivity contribution in [1.29, 1.82) is 0 Å². The number of likely N-dealkylation sites (tertiary alicyclic amines) is 1. The van der Waals surface area contributed by atoms with Gasteiger partial charge in [-0.15, -0.1) is 0 Å². The predicted octanol–water partition coefficient (Wildman–Crippen LogP) is -0.900. The van der Waals surface area contributed by atoms with E-state index in [9.17, 15) is 14.4 Å². The number of carboxylic acids is 1. The zero-order chi connectivity index (χ0) is 15.0. The van der Waals surface area contributed by atoms with Gasteiger partial charge in [0.15, 0.2) is 0 Å². The van der Waals surface area contributed by atoms with Crippen LogP contribution in [0.15, 0.2) is 0 Å². The molecule has 1 heterocycles. The van der Waals surface area contributed by atoms with Crippen molar-refractivity contribution in [3.63, 3.8) is 0 Å². The van der Waals surface area contributed by atoms with Gasteiger partial charge in [-0.25, -0.2) is 9.59 Å². The SMILES string of the molecule is NC(=O)CC(NC(=O)NCCN1CCCCC1)C(=O)O. The molecular formula is C12H22N4O4. The molecule has 1 rings (SSSR count). The van der Waals surface area contributed by atoms with Crippen molar-refractivity contribution in [2.45, 2.75) is 31.7 Å². The number of aliphatic carboxylic acids is 1. The Hall–Kier alpha value is -1.83. The van der Waals surface area contributed by atoms with Crippen LogP contribution in [0, 0.1) is 0 Å². The molecule has 0 aromatic heterocycles. The third kappa shape index (κ3) is 6.37. The Bertz CT molecular complexity index is 355. The Morgan fingerprint density at radius 2 is 1.85 bits per heavy atom. The summed E-state index contributed by atoms with van der Waals surface area (Å²) >= 11 is 0. The van der Waals surface area contributed by atoms with Gasteiger partial charge in [0.25, 0.3) is 0 Å². The lowest BCUT2D eigenvalue weighted by molar-refractivity contribution is -0.140. The van der Waals surface area contributed by atoms with Crippen LogP contribution in [-0.4, -0.2) is 60.1 Å². The molecule has 3 amide bonds. The number of carbonyl (C=O) groups is 3. The quantitative estimate of drug-likeness (QED) is 0.483. The molecule has 20 heavy (non-hydrogen) atoms. The number of nitrogens with two attached hydrogens (primary N) is 1. The number of primary amides is 1. The van der Waals surface area contributed by atoms with Gasteiger partial charge in [0.1, 0.15) is 6.04 Å². The van der Waals surface area contributed by atoms with Crippen LogP contribution in [0.5, 0.6) is 0 Å². The fourth-order valence-corrected chi connectivity index (χ4v) is 2.12. The van der Waals surface area contributed by atoms with Crippen molar-refractivity contribution in [3.05, 3.63) is 0 Å². The average Bonchev–Trinajstić information content (AvgIpc) is 2.38. The van der Waals surface area contributed by atoms with E-state index in [0.29, 0.717) is 6.54 Å². The van der Waals surface area contributed by atoms with E-state index in [1.807, 2.05) is 0 Å². The maximum atomic E-state index is 11.5. The van der Waals surface area contributed by atoms with Gasteiger partial charge in [-0.1, -0.05) is 6.42 Å². The second kappa shape index (κ2) is 8.36. The van der Waals surface area contributed by atoms with Crippen molar-refractivity contribution in [1.82, 2.24) is 15.5 Å². The van der Waals surface area contributed by atoms with Crippen LogP contribution in [0.25, 0.3) is 0 Å². The van der Waals surface area contributed by atoms with Crippen LogP contribution < -0.4 is 16.4 Å². The van der Waals surface area contributed by atoms with E-state index < -0.39 is 30.4 Å². The van der Waals surface area contributed by atoms with Crippen LogP contribution in [0.1, 0.15) is 25.7 Å². The lowest BCUT2D eigenvalue weighted by atomic mass is 10.1. The first-order valence-corrected chi connectivity index (χ1v) is 6.77. The second-order valence-corrected chi connectivity index (χ2v) is 4.86. The highest BCUT2D eigenvalue weighted by atomic mass is 16.4. The summed E-state index contributed by atoms with van der Waals surface area (Å²) in [5.41, 5.74) is 4.92. The summed E-state index contributed by atoms with van der Waals surface area (Å²) in [6, 6.07) is -1.89. The fraction of sp³-hybridized carbons (Fsp3) is 0.750. The van der Waals surface area contributed by atoms with Gasteiger partial charge in [0.05, 0.1) is 6.42 Å². The van der Waals surface area contributed by atoms with Crippen LogP contribution in [0.4, 0.5) is 4.79 Å². The van der Waals surface area contributed by atoms with Gasteiger partial charge in [-0.3, -0.25) is 4.79 Å². The largest absolute Gasteiger partial charge is 0.480 e. The molecule has 1 atom stereocenters. The lowest BCUT2D eigenvalue weighted by Crippen LogP contribution is -2.49. The number of carboxylic acid groups (broad SMARTS) is 1. The normalized spacial score (nSPS) is 17.2. The van der Waals surface area contributed by atoms with Gasteiger partial charge in [0, 0.05) is 13.1 Å². The topological polar surface area (TPSA) is 125 Å². The highest BCUT2D eigenvalue weighted by Gasteiger charge is 2.21. The summed E-state index contributed by atoms with van der Waals surface area (Å²) in [5, 5.41) is 13.6. The van der Waals surface area contributed by atoms with Crippen LogP contribution in [0.2, 0.25) is 0 Å². The first kappa shape index (κ1) is 16.2. The van der Waals surface area contributed by atoms with Crippen molar-refractivity contribution < 1.29 is 19.5 Å². The minimum atomic E-state index is -1.29. The molecular weight excluding hydrogens is 264 g/mol. The molecule has 1 aliphatic rings. The number of rotatable bonds is 7. The zero-order valence-corrected chi connectivity index (χ0v) is 11.4. The maximum Gasteiger partial charge on any atom is 0.326 e. The number of hydrogen-bond donors (Lipinski definition) is 4. The van der Waals surface area contributed by atoms with E-state index in [2.05, 4.69) is 15.5 Å². The standard InChI is InChI=1S/C12H22N4O4/c13-10(17)8-9(11(18)19)15-12(20)14-4-7-16-5-2-1-3-6-16/h9H,1-8H2,(H2,13,17)(H,18,19)(H2,14,15,20). The highest BCUT2D eigenvalue weighted by molar-refractivity contribution is 5.87. The Morgan fingerprint density at radius 1 is 1.20 bits per heavy atom. The van der Waals surface area contributed by atoms with Crippen LogP contribution in [0.3, 0.4) is 0 Å². The third-order valence-corrected chi connectivity index (χ3v) is 3.17. The molecule has 1 fully saturated rings. The molecule has 0 aliphatic carbocycles. The first-order chi connectivity index (χ1) is 9.49. The molecule has 5 N–H and O–H groups in total. The number of carbonyl (C=O) groups excluding carboxylic acids is 2. The summed E-state index contributed by atoms with van der Waals surface area (Å²) in [6.45, 7) is 3.24. The average molecular weight is 286 g/mol. The van der Waals surface area contributed by atoms with Crippen molar-refractivity contribution in [2.75, 3.05) is 26.2 Å². The number of hydrogen-bond acceptors (Lipinski definition) is 4. The molecule has 114 valence electrons. The molecule has 0 spiro atoms. The molecule has 1 unspecified atom stereocenters. The van der Waals surface area contributed by atoms with Crippen molar-refractivity contribution >= 4 is 17.9 Å². The van der Waals surface area contributed by atoms with E-state index in [1.165, 1.54) is 19.3 Å². The van der Waals surface area contributed by atoms with E-state index >= 15 is 0 Å². The molecule has 0 radical (unpaired) electrons. The smallest absolute Gasteiger partial charge is 0.326 e. The second-order valence-electron chi connectivity index (χ2n) is 4.86. The van der Waals surface area contributed by atoms with E-state index in [-0.39, 0.29) is 0 Å². The van der Waals surface area contributed by atoms with Crippen LogP contribution in [-0.2, 0) is 9.59 Å². The van der Waals surface area contributed by atoms with E-state index in [4.69, 9.17) is 10.8 Å². The lowest BCUT2D eigenvalue weighted by Gasteiger charge is -2.26. The number of urea groups is 1. The summed E-state index contributed by atoms with van der Waals surface area (Å²) in [5.74, 6) is -2.05. The van der Waals surface area contributed by atoms with Crippen molar-refractivity contribution in [2.24, 2.45) is 5.73 Å². The van der Waals surface area contributed by atoms with Crippen molar-refractivity contribution in [3.8, 4) is 0 Å². The van der Waals surface area contributed by atoms with Gasteiger partial charge in [0.2, 0.25) is 5.91 Å².